The smallest absolute Gasteiger partial charge is 0.253 e. The number of ether oxygens (including phenoxy) is 2. The fourth-order valence-electron chi connectivity index (χ4n) is 2.67. The summed E-state index contributed by atoms with van der Waals surface area (Å²) in [7, 11) is 1.60. The lowest BCUT2D eigenvalue weighted by molar-refractivity contribution is -0.144. The number of hydrogen-bond donors (Lipinski definition) is 0. The van der Waals surface area contributed by atoms with Gasteiger partial charge in [0.2, 0.25) is 0 Å². The van der Waals surface area contributed by atoms with E-state index in [-0.39, 0.29) is 11.8 Å². The van der Waals surface area contributed by atoms with Gasteiger partial charge in [0.25, 0.3) is 11.8 Å². The van der Waals surface area contributed by atoms with Gasteiger partial charge in [-0.05, 0) is 37.6 Å². The molecule has 1 saturated heterocycles. The number of hydrogen-bond acceptors (Lipinski definition) is 4. The summed E-state index contributed by atoms with van der Waals surface area (Å²) in [4.78, 5) is 28.4. The number of rotatable bonds is 6. The summed E-state index contributed by atoms with van der Waals surface area (Å²) in [5, 5.41) is 0. The van der Waals surface area contributed by atoms with E-state index in [0.29, 0.717) is 38.3 Å². The molecule has 0 saturated carbocycles. The Morgan fingerprint density at radius 1 is 1.08 bits per heavy atom. The molecule has 1 aliphatic rings. The number of carbonyl (C=O) groups is 2. The van der Waals surface area contributed by atoms with E-state index in [1.165, 1.54) is 0 Å². The van der Waals surface area contributed by atoms with Crippen molar-refractivity contribution in [2.24, 2.45) is 0 Å². The van der Waals surface area contributed by atoms with Gasteiger partial charge in [-0.15, -0.1) is 0 Å². The summed E-state index contributed by atoms with van der Waals surface area (Å²) in [6, 6.07) is 7.08. The summed E-state index contributed by atoms with van der Waals surface area (Å²) in [5.74, 6) is 0.711. The van der Waals surface area contributed by atoms with Gasteiger partial charge in [0, 0.05) is 38.3 Å². The number of amides is 2. The Morgan fingerprint density at radius 3 is 2.21 bits per heavy atom. The van der Waals surface area contributed by atoms with E-state index in [9.17, 15) is 9.59 Å². The average Bonchev–Trinajstić information content (AvgIpc) is 2.65. The molecule has 0 radical (unpaired) electrons. The molecule has 0 bridgehead atoms. The first-order valence-electron chi connectivity index (χ1n) is 8.40. The molecule has 6 nitrogen and oxygen atoms in total. The monoisotopic (exact) mass is 334 g/mol. The highest BCUT2D eigenvalue weighted by molar-refractivity contribution is 5.94. The first-order chi connectivity index (χ1) is 11.6. The maximum absolute atomic E-state index is 12.5. The van der Waals surface area contributed by atoms with Gasteiger partial charge in [0.15, 0.2) is 0 Å². The molecule has 1 aromatic rings. The van der Waals surface area contributed by atoms with Gasteiger partial charge in [-0.1, -0.05) is 6.92 Å². The van der Waals surface area contributed by atoms with Crippen molar-refractivity contribution in [1.29, 1.82) is 0 Å². The third kappa shape index (κ3) is 4.47. The highest BCUT2D eigenvalue weighted by Crippen LogP contribution is 2.15. The van der Waals surface area contributed by atoms with Crippen molar-refractivity contribution < 1.29 is 19.1 Å². The van der Waals surface area contributed by atoms with Crippen molar-refractivity contribution in [3.05, 3.63) is 29.8 Å². The summed E-state index contributed by atoms with van der Waals surface area (Å²) < 4.78 is 10.6. The molecule has 2 amide bonds. The van der Waals surface area contributed by atoms with Gasteiger partial charge in [0.1, 0.15) is 11.9 Å². The SMILES string of the molecule is CCCO[C@H](C)C(=O)N1CCN(C(=O)c2ccc(OC)cc2)CC1. The fourth-order valence-corrected chi connectivity index (χ4v) is 2.67. The van der Waals surface area contributed by atoms with Gasteiger partial charge >= 0.3 is 0 Å². The summed E-state index contributed by atoms with van der Waals surface area (Å²) in [6.45, 7) is 6.55. The van der Waals surface area contributed by atoms with Gasteiger partial charge in [0.05, 0.1) is 7.11 Å². The molecule has 0 aliphatic carbocycles. The van der Waals surface area contributed by atoms with E-state index in [0.717, 1.165) is 12.2 Å². The number of piperazine rings is 1. The van der Waals surface area contributed by atoms with Crippen molar-refractivity contribution in [2.45, 2.75) is 26.4 Å². The van der Waals surface area contributed by atoms with E-state index in [4.69, 9.17) is 9.47 Å². The molecule has 1 atom stereocenters. The lowest BCUT2D eigenvalue weighted by Crippen LogP contribution is -2.52. The molecule has 24 heavy (non-hydrogen) atoms. The molecule has 6 heteroatoms. The van der Waals surface area contributed by atoms with Crippen LogP contribution in [0.3, 0.4) is 0 Å². The Hall–Kier alpha value is -2.08. The Morgan fingerprint density at radius 2 is 1.67 bits per heavy atom. The molecule has 1 aliphatic heterocycles. The van der Waals surface area contributed by atoms with E-state index >= 15 is 0 Å². The van der Waals surface area contributed by atoms with Crippen LogP contribution < -0.4 is 4.74 Å². The van der Waals surface area contributed by atoms with Crippen LogP contribution in [-0.4, -0.2) is 67.6 Å². The summed E-state index contributed by atoms with van der Waals surface area (Å²) in [5.41, 5.74) is 0.634. The van der Waals surface area contributed by atoms with Crippen molar-refractivity contribution >= 4 is 11.8 Å². The molecule has 1 aromatic carbocycles. The molecular weight excluding hydrogens is 308 g/mol. The lowest BCUT2D eigenvalue weighted by Gasteiger charge is -2.36. The van der Waals surface area contributed by atoms with Crippen LogP contribution in [0.4, 0.5) is 0 Å². The maximum atomic E-state index is 12.5. The fraction of sp³-hybridized carbons (Fsp3) is 0.556. The molecule has 0 N–H and O–H groups in total. The van der Waals surface area contributed by atoms with Crippen LogP contribution in [0.2, 0.25) is 0 Å². The Kier molecular flexibility index (Phi) is 6.61. The maximum Gasteiger partial charge on any atom is 0.253 e. The van der Waals surface area contributed by atoms with Crippen LogP contribution in [0.15, 0.2) is 24.3 Å². The minimum absolute atomic E-state index is 0.00000328. The Bertz CT molecular complexity index is 551. The largest absolute Gasteiger partial charge is 0.497 e. The van der Waals surface area contributed by atoms with E-state index in [1.807, 2.05) is 6.92 Å². The molecule has 0 spiro atoms. The normalized spacial score (nSPS) is 16.0. The number of nitrogens with zero attached hydrogens (tertiary/aromatic N) is 2. The average molecular weight is 334 g/mol. The predicted molar refractivity (Wildman–Crippen MR) is 91.2 cm³/mol. The number of carbonyl (C=O) groups excluding carboxylic acids is 2. The van der Waals surface area contributed by atoms with Crippen molar-refractivity contribution in [2.75, 3.05) is 39.9 Å². The second-order valence-electron chi connectivity index (χ2n) is 5.86. The lowest BCUT2D eigenvalue weighted by atomic mass is 10.1. The van der Waals surface area contributed by atoms with Gasteiger partial charge in [-0.2, -0.15) is 0 Å². The molecule has 0 unspecified atom stereocenters. The summed E-state index contributed by atoms with van der Waals surface area (Å²) in [6.07, 6.45) is 0.468. The topological polar surface area (TPSA) is 59.1 Å². The second kappa shape index (κ2) is 8.68. The van der Waals surface area contributed by atoms with Crippen molar-refractivity contribution in [3.63, 3.8) is 0 Å². The molecular formula is C18H26N2O4. The van der Waals surface area contributed by atoms with Crippen LogP contribution >= 0.6 is 0 Å². The van der Waals surface area contributed by atoms with Gasteiger partial charge in [-0.25, -0.2) is 0 Å². The second-order valence-corrected chi connectivity index (χ2v) is 5.86. The van der Waals surface area contributed by atoms with Crippen molar-refractivity contribution in [3.8, 4) is 5.75 Å². The van der Waals surface area contributed by atoms with E-state index < -0.39 is 6.10 Å². The molecule has 1 heterocycles. The highest BCUT2D eigenvalue weighted by atomic mass is 16.5. The van der Waals surface area contributed by atoms with Gasteiger partial charge in [-0.3, -0.25) is 9.59 Å². The first-order valence-corrected chi connectivity index (χ1v) is 8.40. The molecule has 2 rings (SSSR count). The summed E-state index contributed by atoms with van der Waals surface area (Å²) >= 11 is 0. The first kappa shape index (κ1) is 18.3. The van der Waals surface area contributed by atoms with Crippen molar-refractivity contribution in [1.82, 2.24) is 9.80 Å². The minimum atomic E-state index is -0.422. The van der Waals surface area contributed by atoms with Crippen LogP contribution in [0.25, 0.3) is 0 Å². The predicted octanol–water partition coefficient (Wildman–Crippen LogP) is 1.79. The zero-order valence-electron chi connectivity index (χ0n) is 14.7. The molecule has 132 valence electrons. The zero-order valence-corrected chi connectivity index (χ0v) is 14.7. The minimum Gasteiger partial charge on any atom is -0.497 e. The van der Waals surface area contributed by atoms with Crippen LogP contribution in [0, 0.1) is 0 Å². The van der Waals surface area contributed by atoms with Crippen LogP contribution in [0.5, 0.6) is 5.75 Å². The van der Waals surface area contributed by atoms with Crippen LogP contribution in [-0.2, 0) is 9.53 Å². The third-order valence-corrected chi connectivity index (χ3v) is 4.14. The standard InChI is InChI=1S/C18H26N2O4/c1-4-13-24-14(2)17(21)19-9-11-20(12-10-19)18(22)15-5-7-16(23-3)8-6-15/h5-8,14H,4,9-13H2,1-3H3/t14-/m1/s1. The third-order valence-electron chi connectivity index (χ3n) is 4.14. The highest BCUT2D eigenvalue weighted by Gasteiger charge is 2.27. The van der Waals surface area contributed by atoms with Crippen LogP contribution in [0.1, 0.15) is 30.6 Å². The number of methoxy groups -OCH3 is 1. The van der Waals surface area contributed by atoms with E-state index in [1.54, 1.807) is 48.1 Å². The number of benzene rings is 1. The van der Waals surface area contributed by atoms with E-state index in [2.05, 4.69) is 0 Å². The Labute approximate surface area is 143 Å². The van der Waals surface area contributed by atoms with Gasteiger partial charge < -0.3 is 19.3 Å². The quantitative estimate of drug-likeness (QED) is 0.796. The zero-order chi connectivity index (χ0) is 17.5. The Balaban J connectivity index is 1.87. The molecule has 0 aromatic heterocycles. The molecule has 1 fully saturated rings.